The Morgan fingerprint density at radius 2 is 1.73 bits per heavy atom. The lowest BCUT2D eigenvalue weighted by Gasteiger charge is -2.13. The predicted molar refractivity (Wildman–Crippen MR) is 112 cm³/mol. The first-order chi connectivity index (χ1) is 14.5. The first-order valence-electron chi connectivity index (χ1n) is 9.47. The summed E-state index contributed by atoms with van der Waals surface area (Å²) < 4.78 is 7.38. The third-order valence-electron chi connectivity index (χ3n) is 5.54. The Hall–Kier alpha value is -3.84. The molecule has 1 aliphatic rings. The lowest BCUT2D eigenvalue weighted by Crippen LogP contribution is -2.20. The molecule has 0 saturated carbocycles. The number of benzene rings is 3. The van der Waals surface area contributed by atoms with Crippen molar-refractivity contribution >= 4 is 33.6 Å². The number of nitrogens with one attached hydrogen (secondary N) is 1. The minimum absolute atomic E-state index is 0.0536. The molecule has 4 aromatic rings. The summed E-state index contributed by atoms with van der Waals surface area (Å²) >= 11 is 0. The Kier molecular flexibility index (Phi) is 4.01. The topological polar surface area (TPSA) is 101 Å². The maximum absolute atomic E-state index is 12.8. The summed E-state index contributed by atoms with van der Waals surface area (Å²) in [7, 11) is 1.55. The number of hydrogen-bond acceptors (Lipinski definition) is 5. The van der Waals surface area contributed by atoms with Crippen molar-refractivity contribution in [2.24, 2.45) is 0 Å². The first-order valence-corrected chi connectivity index (χ1v) is 9.47. The molecule has 0 saturated heterocycles. The van der Waals surface area contributed by atoms with Gasteiger partial charge in [0.25, 0.3) is 11.8 Å². The molecule has 2 heterocycles. The number of fused-ring (bicyclic) bond motifs is 5. The van der Waals surface area contributed by atoms with Crippen molar-refractivity contribution in [1.29, 1.82) is 0 Å². The fraction of sp³-hybridized carbons (Fsp3) is 0.130. The van der Waals surface area contributed by atoms with E-state index in [1.165, 1.54) is 0 Å². The Morgan fingerprint density at radius 1 is 0.967 bits per heavy atom. The van der Waals surface area contributed by atoms with Gasteiger partial charge >= 0.3 is 0 Å². The van der Waals surface area contributed by atoms with Gasteiger partial charge < -0.3 is 19.5 Å². The van der Waals surface area contributed by atoms with E-state index in [4.69, 9.17) is 4.74 Å². The van der Waals surface area contributed by atoms with Gasteiger partial charge in [-0.05, 0) is 30.3 Å². The van der Waals surface area contributed by atoms with Gasteiger partial charge in [0.2, 0.25) is 0 Å². The zero-order valence-corrected chi connectivity index (χ0v) is 16.1. The number of para-hydroxylation sites is 1. The monoisotopic (exact) mass is 402 g/mol. The zero-order chi connectivity index (χ0) is 21.0. The number of carbonyl (C=O) groups excluding carboxylic acids is 2. The summed E-state index contributed by atoms with van der Waals surface area (Å²) in [4.78, 5) is 25.6. The molecular formula is C23H18N2O5. The highest BCUT2D eigenvalue weighted by molar-refractivity contribution is 6.32. The first kappa shape index (κ1) is 18.2. The largest absolute Gasteiger partial charge is 0.508 e. The van der Waals surface area contributed by atoms with E-state index in [0.29, 0.717) is 39.7 Å². The molecule has 1 aromatic heterocycles. The summed E-state index contributed by atoms with van der Waals surface area (Å²) in [6, 6.07) is 14.0. The van der Waals surface area contributed by atoms with E-state index >= 15 is 0 Å². The molecule has 0 atom stereocenters. The number of phenolic OH excluding ortho intramolecular Hbond substituents is 1. The molecule has 0 aliphatic carbocycles. The number of imide groups is 1. The summed E-state index contributed by atoms with van der Waals surface area (Å²) in [6.45, 7) is 0.191. The van der Waals surface area contributed by atoms with Crippen LogP contribution in [0.4, 0.5) is 0 Å². The molecular weight excluding hydrogens is 384 g/mol. The number of ether oxygens (including phenoxy) is 1. The molecule has 1 aliphatic heterocycles. The molecule has 0 fully saturated rings. The molecule has 2 amide bonds. The molecule has 30 heavy (non-hydrogen) atoms. The fourth-order valence-corrected chi connectivity index (χ4v) is 4.36. The van der Waals surface area contributed by atoms with Gasteiger partial charge in [-0.25, -0.2) is 0 Å². The third kappa shape index (κ3) is 2.42. The maximum atomic E-state index is 12.8. The second-order valence-electron chi connectivity index (χ2n) is 7.13. The van der Waals surface area contributed by atoms with Gasteiger partial charge in [0.05, 0.1) is 30.4 Å². The van der Waals surface area contributed by atoms with Crippen LogP contribution < -0.4 is 10.1 Å². The standard InChI is InChI=1S/C23H18N2O5/c1-30-18-5-3-2-4-13(18)14-11-17-19(21-20(14)22(28)24-23(21)29)15-10-12(27)6-7-16(15)25(17)8-9-26/h2-7,10-11,26-27H,8-9H2,1H3,(H,24,28,29). The van der Waals surface area contributed by atoms with Crippen molar-refractivity contribution in [3.05, 3.63) is 59.7 Å². The van der Waals surface area contributed by atoms with Crippen molar-refractivity contribution in [3.8, 4) is 22.6 Å². The van der Waals surface area contributed by atoms with Crippen LogP contribution in [0.3, 0.4) is 0 Å². The fourth-order valence-electron chi connectivity index (χ4n) is 4.36. The molecule has 150 valence electrons. The number of carbonyl (C=O) groups is 2. The Balaban J connectivity index is 2.01. The van der Waals surface area contributed by atoms with E-state index in [-0.39, 0.29) is 23.5 Å². The average molecular weight is 402 g/mol. The molecule has 0 bridgehead atoms. The number of aliphatic hydroxyl groups is 1. The molecule has 3 N–H and O–H groups in total. The summed E-state index contributed by atoms with van der Waals surface area (Å²) in [5.74, 6) is -0.323. The van der Waals surface area contributed by atoms with Crippen LogP contribution in [0.25, 0.3) is 32.9 Å². The van der Waals surface area contributed by atoms with Gasteiger partial charge in [0.15, 0.2) is 0 Å². The number of hydrogen-bond donors (Lipinski definition) is 3. The SMILES string of the molecule is COc1ccccc1-c1cc2c(c3c1C(=O)NC3=O)c1cc(O)ccc1n2CCO. The third-order valence-corrected chi connectivity index (χ3v) is 5.54. The van der Waals surface area contributed by atoms with Gasteiger partial charge in [0, 0.05) is 34.0 Å². The van der Waals surface area contributed by atoms with Gasteiger partial charge in [-0.1, -0.05) is 18.2 Å². The number of nitrogens with zero attached hydrogens (tertiary/aromatic N) is 1. The van der Waals surface area contributed by atoms with E-state index in [2.05, 4.69) is 5.32 Å². The van der Waals surface area contributed by atoms with Crippen LogP contribution in [0.5, 0.6) is 11.5 Å². The molecule has 7 heteroatoms. The van der Waals surface area contributed by atoms with Crippen LogP contribution in [-0.2, 0) is 6.54 Å². The van der Waals surface area contributed by atoms with Crippen molar-refractivity contribution in [3.63, 3.8) is 0 Å². The normalized spacial score (nSPS) is 13.1. The van der Waals surface area contributed by atoms with E-state index < -0.39 is 11.8 Å². The van der Waals surface area contributed by atoms with Crippen LogP contribution in [-0.4, -0.2) is 40.3 Å². The molecule has 0 radical (unpaired) electrons. The minimum Gasteiger partial charge on any atom is -0.508 e. The zero-order valence-electron chi connectivity index (χ0n) is 16.1. The summed E-state index contributed by atoms with van der Waals surface area (Å²) in [5.41, 5.74) is 3.25. The number of methoxy groups -OCH3 is 1. The van der Waals surface area contributed by atoms with Crippen LogP contribution in [0.2, 0.25) is 0 Å². The molecule has 0 unspecified atom stereocenters. The second-order valence-corrected chi connectivity index (χ2v) is 7.13. The Bertz CT molecular complexity index is 1370. The van der Waals surface area contributed by atoms with Crippen molar-refractivity contribution < 1.29 is 24.5 Å². The quantitative estimate of drug-likeness (QED) is 0.456. The van der Waals surface area contributed by atoms with E-state index in [9.17, 15) is 19.8 Å². The van der Waals surface area contributed by atoms with Crippen molar-refractivity contribution in [2.75, 3.05) is 13.7 Å². The molecule has 3 aromatic carbocycles. The van der Waals surface area contributed by atoms with Crippen LogP contribution >= 0.6 is 0 Å². The number of rotatable bonds is 4. The maximum Gasteiger partial charge on any atom is 0.259 e. The summed E-state index contributed by atoms with van der Waals surface area (Å²) in [6.07, 6.45) is 0. The highest BCUT2D eigenvalue weighted by atomic mass is 16.5. The molecule has 7 nitrogen and oxygen atoms in total. The molecule has 0 spiro atoms. The lowest BCUT2D eigenvalue weighted by atomic mass is 9.92. The number of aromatic nitrogens is 1. The van der Waals surface area contributed by atoms with Crippen LogP contribution in [0.15, 0.2) is 48.5 Å². The van der Waals surface area contributed by atoms with Gasteiger partial charge in [-0.15, -0.1) is 0 Å². The van der Waals surface area contributed by atoms with Crippen LogP contribution in [0.1, 0.15) is 20.7 Å². The predicted octanol–water partition coefficient (Wildman–Crippen LogP) is 3.05. The molecule has 5 rings (SSSR count). The number of aliphatic hydroxyl groups excluding tert-OH is 1. The number of amides is 2. The van der Waals surface area contributed by atoms with E-state index in [0.717, 1.165) is 5.52 Å². The van der Waals surface area contributed by atoms with Gasteiger partial charge in [-0.2, -0.15) is 0 Å². The van der Waals surface area contributed by atoms with Crippen LogP contribution in [0, 0.1) is 0 Å². The number of phenols is 1. The lowest BCUT2D eigenvalue weighted by molar-refractivity contribution is 0.0880. The summed E-state index contributed by atoms with van der Waals surface area (Å²) in [5, 5.41) is 23.3. The highest BCUT2D eigenvalue weighted by Crippen LogP contribution is 2.43. The van der Waals surface area contributed by atoms with Gasteiger partial charge in [-0.3, -0.25) is 14.9 Å². The average Bonchev–Trinajstić information content (AvgIpc) is 3.21. The van der Waals surface area contributed by atoms with Crippen molar-refractivity contribution in [1.82, 2.24) is 9.88 Å². The Morgan fingerprint density at radius 3 is 2.50 bits per heavy atom. The Labute approximate surface area is 171 Å². The smallest absolute Gasteiger partial charge is 0.259 e. The second kappa shape index (κ2) is 6.60. The highest BCUT2D eigenvalue weighted by Gasteiger charge is 2.35. The van der Waals surface area contributed by atoms with E-state index in [1.807, 2.05) is 28.8 Å². The van der Waals surface area contributed by atoms with E-state index in [1.54, 1.807) is 31.4 Å². The van der Waals surface area contributed by atoms with Crippen molar-refractivity contribution in [2.45, 2.75) is 6.54 Å². The minimum atomic E-state index is -0.483. The number of aromatic hydroxyl groups is 1. The van der Waals surface area contributed by atoms with Gasteiger partial charge in [0.1, 0.15) is 11.5 Å².